The number of halogens is 2. The van der Waals surface area contributed by atoms with E-state index in [1.807, 2.05) is 29.6 Å². The van der Waals surface area contributed by atoms with Crippen LogP contribution < -0.4 is 5.06 Å². The average Bonchev–Trinajstić information content (AvgIpc) is 2.88. The number of anilines is 1. The van der Waals surface area contributed by atoms with Crippen molar-refractivity contribution >= 4 is 47.0 Å². The first-order valence-corrected chi connectivity index (χ1v) is 7.15. The van der Waals surface area contributed by atoms with E-state index in [-0.39, 0.29) is 18.4 Å². The normalized spacial score (nSPS) is 9.70. The highest BCUT2D eigenvalue weighted by atomic mass is 35.5. The van der Waals surface area contributed by atoms with Crippen molar-refractivity contribution in [3.8, 4) is 0 Å². The van der Waals surface area contributed by atoms with Gasteiger partial charge in [0.05, 0.1) is 17.3 Å². The first kappa shape index (κ1) is 16.8. The van der Waals surface area contributed by atoms with E-state index >= 15 is 0 Å². The third kappa shape index (κ3) is 4.71. The SMILES string of the molecule is CC(=O)ON(CCc1cccs1)c1ccccc1Cl.Cl. The Hall–Kier alpha value is -1.23. The van der Waals surface area contributed by atoms with E-state index in [2.05, 4.69) is 6.07 Å². The molecule has 0 fully saturated rings. The lowest BCUT2D eigenvalue weighted by atomic mass is 10.3. The summed E-state index contributed by atoms with van der Waals surface area (Å²) in [5, 5.41) is 4.14. The predicted octanol–water partition coefficient (Wildman–Crippen LogP) is 4.35. The summed E-state index contributed by atoms with van der Waals surface area (Å²) in [5.74, 6) is -0.355. The highest BCUT2D eigenvalue weighted by Gasteiger charge is 2.13. The molecule has 0 aliphatic carbocycles. The van der Waals surface area contributed by atoms with Crippen LogP contribution in [0.3, 0.4) is 0 Å². The van der Waals surface area contributed by atoms with Gasteiger partial charge in [-0.3, -0.25) is 4.79 Å². The van der Waals surface area contributed by atoms with Crippen LogP contribution >= 0.6 is 35.3 Å². The minimum Gasteiger partial charge on any atom is -0.341 e. The van der Waals surface area contributed by atoms with Crippen molar-refractivity contribution in [1.82, 2.24) is 0 Å². The molecule has 0 saturated heterocycles. The minimum atomic E-state index is -0.355. The summed E-state index contributed by atoms with van der Waals surface area (Å²) in [5.41, 5.74) is 0.705. The van der Waals surface area contributed by atoms with Crippen LogP contribution in [0.4, 0.5) is 5.69 Å². The molecule has 108 valence electrons. The second kappa shape index (κ2) is 8.15. The van der Waals surface area contributed by atoms with E-state index in [1.165, 1.54) is 11.8 Å². The minimum absolute atomic E-state index is 0. The molecule has 0 amide bonds. The van der Waals surface area contributed by atoms with Crippen molar-refractivity contribution in [3.63, 3.8) is 0 Å². The van der Waals surface area contributed by atoms with Gasteiger partial charge in [-0.05, 0) is 23.6 Å². The Balaban J connectivity index is 0.00000200. The molecule has 20 heavy (non-hydrogen) atoms. The lowest BCUT2D eigenvalue weighted by Gasteiger charge is -2.23. The fraction of sp³-hybridized carbons (Fsp3) is 0.214. The van der Waals surface area contributed by atoms with Gasteiger partial charge in [-0.25, -0.2) is 5.06 Å². The summed E-state index contributed by atoms with van der Waals surface area (Å²) < 4.78 is 0. The van der Waals surface area contributed by atoms with Crippen molar-refractivity contribution in [1.29, 1.82) is 0 Å². The fourth-order valence-electron chi connectivity index (χ4n) is 1.69. The van der Waals surface area contributed by atoms with Crippen molar-refractivity contribution in [2.75, 3.05) is 11.6 Å². The number of rotatable bonds is 5. The molecule has 1 aromatic carbocycles. The van der Waals surface area contributed by atoms with Gasteiger partial charge in [-0.2, -0.15) is 0 Å². The van der Waals surface area contributed by atoms with Crippen molar-refractivity contribution in [2.45, 2.75) is 13.3 Å². The Morgan fingerprint density at radius 1 is 1.30 bits per heavy atom. The van der Waals surface area contributed by atoms with Gasteiger partial charge in [0.2, 0.25) is 0 Å². The van der Waals surface area contributed by atoms with Gasteiger partial charge >= 0.3 is 5.97 Å². The zero-order valence-electron chi connectivity index (χ0n) is 10.9. The van der Waals surface area contributed by atoms with Crippen LogP contribution in [0.5, 0.6) is 0 Å². The molecule has 1 aromatic heterocycles. The molecule has 0 aliphatic heterocycles. The molecule has 3 nitrogen and oxygen atoms in total. The van der Waals surface area contributed by atoms with Gasteiger partial charge in [0, 0.05) is 18.2 Å². The molecule has 1 heterocycles. The maximum Gasteiger partial charge on any atom is 0.329 e. The Morgan fingerprint density at radius 3 is 2.65 bits per heavy atom. The number of hydrogen-bond donors (Lipinski definition) is 0. The van der Waals surface area contributed by atoms with Crippen LogP contribution in [0.2, 0.25) is 5.02 Å². The highest BCUT2D eigenvalue weighted by Crippen LogP contribution is 2.26. The Kier molecular flexibility index (Phi) is 6.85. The van der Waals surface area contributed by atoms with Crippen molar-refractivity contribution in [2.24, 2.45) is 0 Å². The van der Waals surface area contributed by atoms with E-state index in [9.17, 15) is 4.79 Å². The zero-order chi connectivity index (χ0) is 13.7. The predicted molar refractivity (Wildman–Crippen MR) is 85.8 cm³/mol. The van der Waals surface area contributed by atoms with Crippen LogP contribution in [0.1, 0.15) is 11.8 Å². The van der Waals surface area contributed by atoms with Crippen LogP contribution in [-0.4, -0.2) is 12.5 Å². The summed E-state index contributed by atoms with van der Waals surface area (Å²) in [6, 6.07) is 11.4. The van der Waals surface area contributed by atoms with Crippen LogP contribution in [0.15, 0.2) is 41.8 Å². The molecule has 0 bridgehead atoms. The molecule has 0 aliphatic rings. The molecule has 0 saturated carbocycles. The number of thiophene rings is 1. The fourth-order valence-corrected chi connectivity index (χ4v) is 2.62. The lowest BCUT2D eigenvalue weighted by molar-refractivity contribution is -0.142. The summed E-state index contributed by atoms with van der Waals surface area (Å²) in [6.07, 6.45) is 0.802. The standard InChI is InChI=1S/C14H14ClNO2S.ClH/c1-11(17)18-16(9-8-12-5-4-10-19-12)14-7-3-2-6-13(14)15;/h2-7,10H,8-9H2,1H3;1H. The molecule has 2 aromatic rings. The van der Waals surface area contributed by atoms with E-state index in [0.717, 1.165) is 6.42 Å². The zero-order valence-corrected chi connectivity index (χ0v) is 13.3. The molecule has 0 unspecified atom stereocenters. The molecule has 0 radical (unpaired) electrons. The van der Waals surface area contributed by atoms with Crippen LogP contribution in [0.25, 0.3) is 0 Å². The van der Waals surface area contributed by atoms with Crippen LogP contribution in [-0.2, 0) is 16.1 Å². The Labute approximate surface area is 133 Å². The monoisotopic (exact) mass is 331 g/mol. The first-order valence-electron chi connectivity index (χ1n) is 5.90. The van der Waals surface area contributed by atoms with E-state index in [0.29, 0.717) is 17.3 Å². The number of hydroxylamine groups is 1. The molecular weight excluding hydrogens is 317 g/mol. The molecular formula is C14H15Cl2NO2S. The molecule has 2 rings (SSSR count). The highest BCUT2D eigenvalue weighted by molar-refractivity contribution is 7.09. The summed E-state index contributed by atoms with van der Waals surface area (Å²) >= 11 is 7.82. The topological polar surface area (TPSA) is 29.5 Å². The number of hydrogen-bond acceptors (Lipinski definition) is 4. The second-order valence-electron chi connectivity index (χ2n) is 3.97. The summed E-state index contributed by atoms with van der Waals surface area (Å²) in [4.78, 5) is 17.7. The first-order chi connectivity index (χ1) is 9.16. The summed E-state index contributed by atoms with van der Waals surface area (Å²) in [7, 11) is 0. The molecule has 0 spiro atoms. The van der Waals surface area contributed by atoms with E-state index in [1.54, 1.807) is 22.5 Å². The van der Waals surface area contributed by atoms with E-state index in [4.69, 9.17) is 16.4 Å². The number of nitrogens with zero attached hydrogens (tertiary/aromatic N) is 1. The third-order valence-electron chi connectivity index (χ3n) is 2.50. The lowest BCUT2D eigenvalue weighted by Crippen LogP contribution is -2.28. The van der Waals surface area contributed by atoms with E-state index < -0.39 is 0 Å². The Morgan fingerprint density at radius 2 is 2.05 bits per heavy atom. The van der Waals surface area contributed by atoms with Gasteiger partial charge in [0.1, 0.15) is 0 Å². The largest absolute Gasteiger partial charge is 0.341 e. The maximum absolute atomic E-state index is 11.2. The van der Waals surface area contributed by atoms with Crippen LogP contribution in [0, 0.1) is 0 Å². The quantitative estimate of drug-likeness (QED) is 0.763. The molecule has 6 heteroatoms. The number of benzene rings is 1. The summed E-state index contributed by atoms with van der Waals surface area (Å²) in [6.45, 7) is 1.96. The van der Waals surface area contributed by atoms with Gasteiger partial charge in [0.15, 0.2) is 0 Å². The van der Waals surface area contributed by atoms with Gasteiger partial charge in [-0.1, -0.05) is 29.8 Å². The molecule has 0 atom stereocenters. The number of carbonyl (C=O) groups excluding carboxylic acids is 1. The van der Waals surface area contributed by atoms with Gasteiger partial charge in [0.25, 0.3) is 0 Å². The molecule has 0 N–H and O–H groups in total. The van der Waals surface area contributed by atoms with Gasteiger partial charge in [-0.15, -0.1) is 23.7 Å². The average molecular weight is 332 g/mol. The third-order valence-corrected chi connectivity index (χ3v) is 3.76. The smallest absolute Gasteiger partial charge is 0.329 e. The van der Waals surface area contributed by atoms with Crippen molar-refractivity contribution in [3.05, 3.63) is 51.7 Å². The maximum atomic E-state index is 11.2. The number of carbonyl (C=O) groups is 1. The van der Waals surface area contributed by atoms with Crippen molar-refractivity contribution < 1.29 is 9.63 Å². The second-order valence-corrected chi connectivity index (χ2v) is 5.41. The Bertz CT molecular complexity index is 546. The number of para-hydroxylation sites is 1. The van der Waals surface area contributed by atoms with Gasteiger partial charge < -0.3 is 4.84 Å².